The molecular weight excluding hydrogens is 607 g/mol. The molecule has 2 aliphatic rings. The van der Waals surface area contributed by atoms with Crippen LogP contribution in [0.2, 0.25) is 5.02 Å². The highest BCUT2D eigenvalue weighted by Gasteiger charge is 2.18. The number of ether oxygens (including phenoxy) is 2. The van der Waals surface area contributed by atoms with E-state index in [1.165, 1.54) is 37.3 Å². The number of nitrogens with zero attached hydrogens (tertiary/aromatic N) is 4. The van der Waals surface area contributed by atoms with Crippen molar-refractivity contribution in [1.82, 2.24) is 14.9 Å². The van der Waals surface area contributed by atoms with E-state index in [0.29, 0.717) is 18.6 Å². The summed E-state index contributed by atoms with van der Waals surface area (Å²) in [6, 6.07) is 15.0. The molecule has 0 aliphatic carbocycles. The molecule has 0 spiro atoms. The Morgan fingerprint density at radius 2 is 1.87 bits per heavy atom. The summed E-state index contributed by atoms with van der Waals surface area (Å²) < 4.78 is 11.1. The predicted molar refractivity (Wildman–Crippen MR) is 187 cm³/mol. The van der Waals surface area contributed by atoms with Gasteiger partial charge >= 0.3 is 5.97 Å². The van der Waals surface area contributed by atoms with Crippen LogP contribution in [0.25, 0.3) is 0 Å². The van der Waals surface area contributed by atoms with Gasteiger partial charge in [-0.25, -0.2) is 9.78 Å². The van der Waals surface area contributed by atoms with Crippen molar-refractivity contribution < 1.29 is 19.4 Å². The van der Waals surface area contributed by atoms with Crippen molar-refractivity contribution in [1.29, 1.82) is 0 Å². The summed E-state index contributed by atoms with van der Waals surface area (Å²) in [7, 11) is 2.70. The third-order valence-corrected chi connectivity index (χ3v) is 8.40. The molecule has 0 amide bonds. The average molecular weight is 655 g/mol. The van der Waals surface area contributed by atoms with Crippen molar-refractivity contribution in [3.8, 4) is 5.88 Å². The fraction of sp³-hybridized carbons (Fsp3) is 0.457. The zero-order valence-electron chi connectivity index (χ0n) is 27.1. The Morgan fingerprint density at radius 1 is 1.13 bits per heavy atom. The van der Waals surface area contributed by atoms with Crippen molar-refractivity contribution in [3.05, 3.63) is 88.2 Å². The monoisotopic (exact) mass is 654 g/mol. The van der Waals surface area contributed by atoms with Crippen LogP contribution in [0.4, 0.5) is 5.82 Å². The third kappa shape index (κ3) is 12.7. The number of benzene rings is 1. The second-order valence-electron chi connectivity index (χ2n) is 11.5. The number of hydrogen-bond acceptors (Lipinski definition) is 7. The Bertz CT molecular complexity index is 1390. The number of aromatic nitrogens is 2. The van der Waals surface area contributed by atoms with Crippen molar-refractivity contribution >= 4 is 37.9 Å². The van der Waals surface area contributed by atoms with Gasteiger partial charge in [0.25, 0.3) is 0 Å². The molecule has 4 heterocycles. The topological polar surface area (TPSA) is 88.0 Å². The molecule has 2 aromatic heterocycles. The normalized spacial score (nSPS) is 16.0. The molecule has 244 valence electrons. The number of anilines is 1. The number of aromatic carboxylic acids is 1. The molecule has 3 aromatic rings. The number of unbranched alkanes of at least 4 members (excludes halogenated alkanes) is 1. The van der Waals surface area contributed by atoms with E-state index in [9.17, 15) is 4.79 Å². The Balaban J connectivity index is 0.000000237. The van der Waals surface area contributed by atoms with E-state index in [4.69, 9.17) is 26.2 Å². The van der Waals surface area contributed by atoms with Crippen molar-refractivity contribution in [2.45, 2.75) is 66.1 Å². The Labute approximate surface area is 276 Å². The quantitative estimate of drug-likeness (QED) is 0.187. The zero-order valence-corrected chi connectivity index (χ0v) is 29.0. The minimum Gasteiger partial charge on any atom is -0.477 e. The number of halogens is 1. The lowest BCUT2D eigenvalue weighted by molar-refractivity contribution is -0.0553. The minimum atomic E-state index is -0.979. The van der Waals surface area contributed by atoms with Crippen LogP contribution in [-0.4, -0.2) is 71.4 Å². The van der Waals surface area contributed by atoms with Crippen LogP contribution in [0.1, 0.15) is 66.8 Å². The Kier molecular flexibility index (Phi) is 15.2. The SMILES string of the molecule is C=C(C)CN1CCN(c2cccc(OCc3ccc(Cl)cc3P)n2)CC1.CCCCC1CCO1.Cc1ccc(C(=O)O)nc1C. The lowest BCUT2D eigenvalue weighted by Gasteiger charge is -2.35. The van der Waals surface area contributed by atoms with Crippen molar-refractivity contribution in [3.63, 3.8) is 0 Å². The van der Waals surface area contributed by atoms with Crippen LogP contribution in [0.15, 0.2) is 60.7 Å². The molecule has 0 radical (unpaired) electrons. The van der Waals surface area contributed by atoms with Gasteiger partial charge in [-0.05, 0) is 74.3 Å². The predicted octanol–water partition coefficient (Wildman–Crippen LogP) is 6.87. The summed E-state index contributed by atoms with van der Waals surface area (Å²) in [6.07, 6.45) is 5.87. The molecule has 45 heavy (non-hydrogen) atoms. The Morgan fingerprint density at radius 3 is 2.44 bits per heavy atom. The maximum Gasteiger partial charge on any atom is 0.354 e. The van der Waals surface area contributed by atoms with E-state index >= 15 is 0 Å². The van der Waals surface area contributed by atoms with E-state index in [0.717, 1.165) is 72.3 Å². The zero-order chi connectivity index (χ0) is 32.8. The smallest absolute Gasteiger partial charge is 0.354 e. The van der Waals surface area contributed by atoms with Crippen LogP contribution >= 0.6 is 20.8 Å². The summed E-state index contributed by atoms with van der Waals surface area (Å²) in [5, 5.41) is 10.3. The lowest BCUT2D eigenvalue weighted by atomic mass is 10.1. The number of aryl methyl sites for hydroxylation is 2. The first kappa shape index (κ1) is 36.4. The van der Waals surface area contributed by atoms with Crippen LogP contribution in [0, 0.1) is 13.8 Å². The van der Waals surface area contributed by atoms with E-state index < -0.39 is 5.97 Å². The average Bonchev–Trinajstić information content (AvgIpc) is 2.98. The number of carbonyl (C=O) groups is 1. The van der Waals surface area contributed by atoms with Gasteiger partial charge < -0.3 is 19.5 Å². The van der Waals surface area contributed by atoms with Crippen molar-refractivity contribution in [2.24, 2.45) is 0 Å². The van der Waals surface area contributed by atoms with Gasteiger partial charge in [0, 0.05) is 56.1 Å². The standard InChI is InChI=1S/C20H25ClN3OP.C8H9NO2.C7H14O/c1-15(2)13-23-8-10-24(11-9-23)19-4-3-5-20(22-19)25-14-16-6-7-17(21)12-18(16)26;1-5-3-4-7(8(10)11)9-6(5)2;1-2-3-4-7-5-6-8-7/h3-7,12H,1,8-11,13-14,26H2,2H3;3-4H,1-2H3,(H,10,11);7H,2-6H2,1H3. The highest BCUT2D eigenvalue weighted by atomic mass is 35.5. The fourth-order valence-electron chi connectivity index (χ4n) is 4.72. The maximum absolute atomic E-state index is 10.4. The summed E-state index contributed by atoms with van der Waals surface area (Å²) >= 11 is 6.00. The first-order chi connectivity index (χ1) is 21.5. The number of pyridine rings is 2. The van der Waals surface area contributed by atoms with Crippen molar-refractivity contribution in [2.75, 3.05) is 44.2 Å². The van der Waals surface area contributed by atoms with Gasteiger partial charge in [0.2, 0.25) is 5.88 Å². The molecule has 2 unspecified atom stereocenters. The maximum atomic E-state index is 10.4. The largest absolute Gasteiger partial charge is 0.477 e. The van der Waals surface area contributed by atoms with Crippen LogP contribution in [0.5, 0.6) is 5.88 Å². The molecule has 5 rings (SSSR count). The Hall–Kier alpha value is -3.03. The molecular formula is C35H48ClN4O4P. The molecule has 2 saturated heterocycles. The highest BCUT2D eigenvalue weighted by Crippen LogP contribution is 2.20. The molecule has 1 N–H and O–H groups in total. The number of piperazine rings is 1. The summed E-state index contributed by atoms with van der Waals surface area (Å²) in [6.45, 7) is 18.4. The minimum absolute atomic E-state index is 0.105. The molecule has 0 saturated carbocycles. The van der Waals surface area contributed by atoms with Gasteiger partial charge in [-0.15, -0.1) is 9.24 Å². The van der Waals surface area contributed by atoms with Crippen LogP contribution < -0.4 is 14.9 Å². The second kappa shape index (κ2) is 18.8. The molecule has 2 aliphatic heterocycles. The van der Waals surface area contributed by atoms with Gasteiger partial charge in [0.05, 0.1) is 6.10 Å². The van der Waals surface area contributed by atoms with Crippen LogP contribution in [-0.2, 0) is 11.3 Å². The van der Waals surface area contributed by atoms with E-state index in [1.54, 1.807) is 13.0 Å². The van der Waals surface area contributed by atoms with Gasteiger partial charge in [0.1, 0.15) is 18.1 Å². The summed E-state index contributed by atoms with van der Waals surface area (Å²) in [5.41, 5.74) is 4.18. The first-order valence-corrected chi connectivity index (χ1v) is 16.6. The third-order valence-electron chi connectivity index (χ3n) is 7.62. The summed E-state index contributed by atoms with van der Waals surface area (Å²) in [4.78, 5) is 23.7. The van der Waals surface area contributed by atoms with Gasteiger partial charge in [-0.2, -0.15) is 4.98 Å². The molecule has 8 nitrogen and oxygen atoms in total. The number of hydrogen-bond donors (Lipinski definition) is 1. The van der Waals surface area contributed by atoms with E-state index in [1.807, 2.05) is 43.3 Å². The second-order valence-corrected chi connectivity index (χ2v) is 12.6. The van der Waals surface area contributed by atoms with Crippen LogP contribution in [0.3, 0.4) is 0 Å². The molecule has 10 heteroatoms. The van der Waals surface area contributed by atoms with Gasteiger partial charge in [-0.1, -0.05) is 61.7 Å². The first-order valence-electron chi connectivity index (χ1n) is 15.6. The van der Waals surface area contributed by atoms with Gasteiger partial charge in [0.15, 0.2) is 0 Å². The fourth-order valence-corrected chi connectivity index (χ4v) is 5.37. The highest BCUT2D eigenvalue weighted by molar-refractivity contribution is 7.27. The van der Waals surface area contributed by atoms with E-state index in [-0.39, 0.29) is 5.69 Å². The number of carboxylic acid groups (broad SMARTS) is 1. The van der Waals surface area contributed by atoms with E-state index in [2.05, 4.69) is 49.4 Å². The van der Waals surface area contributed by atoms with Gasteiger partial charge in [-0.3, -0.25) is 4.90 Å². The molecule has 2 atom stereocenters. The lowest BCUT2D eigenvalue weighted by Crippen LogP contribution is -2.47. The number of rotatable bonds is 10. The molecule has 0 bridgehead atoms. The summed E-state index contributed by atoms with van der Waals surface area (Å²) in [5.74, 6) is 0.638. The number of carboxylic acids is 1. The molecule has 1 aromatic carbocycles. The molecule has 2 fully saturated rings.